The van der Waals surface area contributed by atoms with Gasteiger partial charge in [-0.1, -0.05) is 0 Å². The molecule has 0 saturated carbocycles. The topological polar surface area (TPSA) is 74.5 Å². The number of hydrazone groups is 1. The second-order valence-corrected chi connectivity index (χ2v) is 4.16. The van der Waals surface area contributed by atoms with E-state index in [-0.39, 0.29) is 12.3 Å². The van der Waals surface area contributed by atoms with Gasteiger partial charge in [0, 0.05) is 3.57 Å². The van der Waals surface area contributed by atoms with Gasteiger partial charge >= 0.3 is 5.97 Å². The van der Waals surface area contributed by atoms with Crippen LogP contribution >= 0.6 is 22.6 Å². The number of nitrogens with one attached hydrogen (secondary N) is 1. The number of benzene rings is 1. The zero-order chi connectivity index (χ0) is 12.7. The van der Waals surface area contributed by atoms with Gasteiger partial charge in [0.05, 0.1) is 12.3 Å². The highest BCUT2D eigenvalue weighted by Gasteiger charge is 2.11. The summed E-state index contributed by atoms with van der Waals surface area (Å²) in [6.07, 6.45) is 0. The maximum atomic E-state index is 11.2. The molecule has 17 heavy (non-hydrogen) atoms. The van der Waals surface area contributed by atoms with Crippen molar-refractivity contribution < 1.29 is 9.53 Å². The molecule has 5 nitrogen and oxygen atoms in total. The number of anilines is 1. The summed E-state index contributed by atoms with van der Waals surface area (Å²) in [5.74, 6) is -0.729. The second kappa shape index (κ2) is 6.85. The van der Waals surface area contributed by atoms with Crippen LogP contribution in [-0.4, -0.2) is 18.3 Å². The van der Waals surface area contributed by atoms with E-state index in [1.54, 1.807) is 25.1 Å². The molecule has 0 radical (unpaired) electrons. The number of carbonyl (C=O) groups excluding carboxylic acids is 1. The van der Waals surface area contributed by atoms with Crippen molar-refractivity contribution in [3.8, 4) is 6.07 Å². The van der Waals surface area contributed by atoms with Crippen molar-refractivity contribution in [3.63, 3.8) is 0 Å². The Morgan fingerprint density at radius 3 is 2.71 bits per heavy atom. The average molecular weight is 343 g/mol. The van der Waals surface area contributed by atoms with Crippen LogP contribution in [0.15, 0.2) is 29.4 Å². The van der Waals surface area contributed by atoms with Gasteiger partial charge in [-0.2, -0.15) is 10.4 Å². The second-order valence-electron chi connectivity index (χ2n) is 2.91. The lowest BCUT2D eigenvalue weighted by Crippen LogP contribution is -2.17. The Kier molecular flexibility index (Phi) is 5.42. The predicted molar refractivity (Wildman–Crippen MR) is 72.5 cm³/mol. The summed E-state index contributed by atoms with van der Waals surface area (Å²) in [5, 5.41) is 12.4. The number of nitrogens with zero attached hydrogens (tertiary/aromatic N) is 2. The highest BCUT2D eigenvalue weighted by atomic mass is 127. The molecule has 0 aliphatic heterocycles. The molecule has 1 aromatic carbocycles. The monoisotopic (exact) mass is 343 g/mol. The lowest BCUT2D eigenvalue weighted by molar-refractivity contribution is -0.134. The number of ether oxygens (including phenoxy) is 1. The summed E-state index contributed by atoms with van der Waals surface area (Å²) in [6.45, 7) is 1.88. The van der Waals surface area contributed by atoms with E-state index in [1.807, 2.05) is 12.1 Å². The van der Waals surface area contributed by atoms with E-state index in [0.717, 1.165) is 3.57 Å². The lowest BCUT2D eigenvalue weighted by Gasteiger charge is -2.01. The Morgan fingerprint density at radius 1 is 1.53 bits per heavy atom. The third kappa shape index (κ3) is 4.40. The zero-order valence-electron chi connectivity index (χ0n) is 9.11. The number of carbonyl (C=O) groups is 1. The van der Waals surface area contributed by atoms with Crippen molar-refractivity contribution in [1.82, 2.24) is 0 Å². The molecule has 0 saturated heterocycles. The standard InChI is InChI=1S/C11H10IN3O2/c1-2-17-11(16)10(7-13)15-14-9-5-3-8(12)4-6-9/h3-6,14H,2H2,1H3/b15-10+. The molecule has 0 amide bonds. The summed E-state index contributed by atoms with van der Waals surface area (Å²) in [5.41, 5.74) is 3.02. The van der Waals surface area contributed by atoms with Crippen LogP contribution < -0.4 is 5.43 Å². The maximum absolute atomic E-state index is 11.2. The minimum Gasteiger partial charge on any atom is -0.461 e. The highest BCUT2D eigenvalue weighted by molar-refractivity contribution is 14.1. The van der Waals surface area contributed by atoms with Gasteiger partial charge in [-0.3, -0.25) is 5.43 Å². The smallest absolute Gasteiger partial charge is 0.369 e. The van der Waals surface area contributed by atoms with Crippen molar-refractivity contribution in [2.75, 3.05) is 12.0 Å². The van der Waals surface area contributed by atoms with Crippen LogP contribution in [0.3, 0.4) is 0 Å². The summed E-state index contributed by atoms with van der Waals surface area (Å²) in [4.78, 5) is 11.2. The Balaban J connectivity index is 2.71. The van der Waals surface area contributed by atoms with Gasteiger partial charge in [0.2, 0.25) is 5.71 Å². The van der Waals surface area contributed by atoms with Crippen LogP contribution in [0, 0.1) is 14.9 Å². The quantitative estimate of drug-likeness (QED) is 0.393. The Labute approximate surface area is 113 Å². The first-order valence-corrected chi connectivity index (χ1v) is 5.91. The molecular weight excluding hydrogens is 333 g/mol. The van der Waals surface area contributed by atoms with Gasteiger partial charge < -0.3 is 4.74 Å². The molecule has 0 bridgehead atoms. The fraction of sp³-hybridized carbons (Fsp3) is 0.182. The fourth-order valence-electron chi connectivity index (χ4n) is 0.961. The number of hydrogen-bond donors (Lipinski definition) is 1. The molecule has 1 rings (SSSR count). The average Bonchev–Trinajstić information content (AvgIpc) is 2.32. The summed E-state index contributed by atoms with van der Waals surface area (Å²) < 4.78 is 5.76. The van der Waals surface area contributed by atoms with Gasteiger partial charge in [0.1, 0.15) is 6.07 Å². The summed E-state index contributed by atoms with van der Waals surface area (Å²) >= 11 is 2.18. The Bertz CT molecular complexity index is 463. The molecule has 6 heteroatoms. The van der Waals surface area contributed by atoms with Crippen LogP contribution in [0.25, 0.3) is 0 Å². The van der Waals surface area contributed by atoms with E-state index in [4.69, 9.17) is 5.26 Å². The van der Waals surface area contributed by atoms with Crippen LogP contribution in [0.5, 0.6) is 0 Å². The van der Waals surface area contributed by atoms with Crippen molar-refractivity contribution in [2.24, 2.45) is 5.10 Å². The molecule has 0 aliphatic carbocycles. The third-order valence-electron chi connectivity index (χ3n) is 1.72. The van der Waals surface area contributed by atoms with Gasteiger partial charge in [0.25, 0.3) is 0 Å². The molecule has 0 spiro atoms. The summed E-state index contributed by atoms with van der Waals surface area (Å²) in [6, 6.07) is 9.04. The van der Waals surface area contributed by atoms with Crippen molar-refractivity contribution >= 4 is 40.0 Å². The van der Waals surface area contributed by atoms with Crippen LogP contribution in [0.2, 0.25) is 0 Å². The molecule has 0 fully saturated rings. The largest absolute Gasteiger partial charge is 0.461 e. The molecule has 0 atom stereocenters. The van der Waals surface area contributed by atoms with Crippen molar-refractivity contribution in [2.45, 2.75) is 6.92 Å². The third-order valence-corrected chi connectivity index (χ3v) is 2.43. The first-order valence-electron chi connectivity index (χ1n) is 4.84. The molecule has 0 aromatic heterocycles. The van der Waals surface area contributed by atoms with E-state index in [1.165, 1.54) is 0 Å². The van der Waals surface area contributed by atoms with E-state index < -0.39 is 5.97 Å². The molecule has 0 heterocycles. The molecule has 1 N–H and O–H groups in total. The van der Waals surface area contributed by atoms with Crippen molar-refractivity contribution in [3.05, 3.63) is 27.8 Å². The van der Waals surface area contributed by atoms with Crippen LogP contribution in [0.4, 0.5) is 5.69 Å². The highest BCUT2D eigenvalue weighted by Crippen LogP contribution is 2.10. The first kappa shape index (κ1) is 13.4. The van der Waals surface area contributed by atoms with Gasteiger partial charge in [0.15, 0.2) is 0 Å². The van der Waals surface area contributed by atoms with Gasteiger partial charge in [-0.15, -0.1) is 0 Å². The van der Waals surface area contributed by atoms with Crippen LogP contribution in [0.1, 0.15) is 6.92 Å². The zero-order valence-corrected chi connectivity index (χ0v) is 11.3. The van der Waals surface area contributed by atoms with Gasteiger partial charge in [-0.25, -0.2) is 4.79 Å². The van der Waals surface area contributed by atoms with E-state index in [0.29, 0.717) is 5.69 Å². The number of esters is 1. The number of hydrogen-bond acceptors (Lipinski definition) is 5. The van der Waals surface area contributed by atoms with E-state index in [2.05, 4.69) is 37.9 Å². The maximum Gasteiger partial charge on any atom is 0.369 e. The normalized spacial score (nSPS) is 10.5. The van der Waals surface area contributed by atoms with Crippen molar-refractivity contribution in [1.29, 1.82) is 5.26 Å². The molecule has 0 unspecified atom stereocenters. The predicted octanol–water partition coefficient (Wildman–Crippen LogP) is 2.15. The lowest BCUT2D eigenvalue weighted by atomic mass is 10.3. The van der Waals surface area contributed by atoms with Crippen LogP contribution in [-0.2, 0) is 9.53 Å². The minimum atomic E-state index is -0.729. The Morgan fingerprint density at radius 2 is 2.18 bits per heavy atom. The van der Waals surface area contributed by atoms with Gasteiger partial charge in [-0.05, 0) is 53.8 Å². The molecular formula is C11H10IN3O2. The molecule has 88 valence electrons. The fourth-order valence-corrected chi connectivity index (χ4v) is 1.32. The SMILES string of the molecule is CCOC(=O)/C(C#N)=N/Nc1ccc(I)cc1. The number of nitriles is 1. The number of halogens is 1. The minimum absolute atomic E-state index is 0.211. The molecule has 1 aromatic rings. The number of rotatable bonds is 4. The van der Waals surface area contributed by atoms with E-state index in [9.17, 15) is 4.79 Å². The van der Waals surface area contributed by atoms with E-state index >= 15 is 0 Å². The Hall–Kier alpha value is -1.62. The first-order chi connectivity index (χ1) is 8.17. The summed E-state index contributed by atoms with van der Waals surface area (Å²) in [7, 11) is 0. The molecule has 0 aliphatic rings.